The molecule has 0 bridgehead atoms. The van der Waals surface area contributed by atoms with Crippen LogP contribution >= 0.6 is 11.6 Å². The molecule has 21 heavy (non-hydrogen) atoms. The summed E-state index contributed by atoms with van der Waals surface area (Å²) in [7, 11) is 0. The molecule has 0 fully saturated rings. The minimum atomic E-state index is -0.257. The van der Waals surface area contributed by atoms with Crippen molar-refractivity contribution in [1.29, 1.82) is 0 Å². The number of benzene rings is 1. The number of anilines is 1. The molecule has 1 aromatic carbocycles. The Labute approximate surface area is 128 Å². The Kier molecular flexibility index (Phi) is 3.80. The number of nitrogens with zero attached hydrogens (tertiary/aromatic N) is 1. The van der Waals surface area contributed by atoms with Crippen LogP contribution < -0.4 is 10.1 Å². The Morgan fingerprint density at radius 1 is 1.43 bits per heavy atom. The van der Waals surface area contributed by atoms with Crippen molar-refractivity contribution in [1.82, 2.24) is 4.98 Å². The summed E-state index contributed by atoms with van der Waals surface area (Å²) in [4.78, 5) is 16.6. The van der Waals surface area contributed by atoms with Crippen LogP contribution in [0.5, 0.6) is 5.75 Å². The van der Waals surface area contributed by atoms with Crippen LogP contribution in [0.25, 0.3) is 0 Å². The van der Waals surface area contributed by atoms with Crippen LogP contribution in [0, 0.1) is 6.92 Å². The van der Waals surface area contributed by atoms with E-state index in [4.69, 9.17) is 16.3 Å². The highest BCUT2D eigenvalue weighted by Crippen LogP contribution is 2.36. The first kappa shape index (κ1) is 13.9. The summed E-state index contributed by atoms with van der Waals surface area (Å²) in [6.45, 7) is 2.46. The summed E-state index contributed by atoms with van der Waals surface area (Å²) in [6.07, 6.45) is 4.00. The molecule has 0 unspecified atom stereocenters. The second-order valence-corrected chi connectivity index (χ2v) is 5.49. The number of aryl methyl sites for hydroxylation is 1. The molecule has 5 heteroatoms. The van der Waals surface area contributed by atoms with Crippen molar-refractivity contribution in [3.8, 4) is 5.75 Å². The SMILES string of the molecule is Cc1ccncc1NC(=O)[C@H]1CCOc2ccc(Cl)cc21. The number of fused-ring (bicyclic) bond motifs is 1. The number of hydrogen-bond donors (Lipinski definition) is 1. The van der Waals surface area contributed by atoms with E-state index in [1.165, 1.54) is 0 Å². The van der Waals surface area contributed by atoms with Crippen molar-refractivity contribution < 1.29 is 9.53 Å². The molecule has 1 aromatic heterocycles. The van der Waals surface area contributed by atoms with Gasteiger partial charge in [0.2, 0.25) is 5.91 Å². The van der Waals surface area contributed by atoms with Crippen LogP contribution in [0.2, 0.25) is 5.02 Å². The van der Waals surface area contributed by atoms with Crippen LogP contribution in [0.3, 0.4) is 0 Å². The summed E-state index contributed by atoms with van der Waals surface area (Å²) >= 11 is 6.03. The molecule has 0 saturated heterocycles. The van der Waals surface area contributed by atoms with E-state index in [2.05, 4.69) is 10.3 Å². The van der Waals surface area contributed by atoms with Gasteiger partial charge in [-0.1, -0.05) is 11.6 Å². The van der Waals surface area contributed by atoms with Crippen molar-refractivity contribution in [3.63, 3.8) is 0 Å². The molecule has 4 nitrogen and oxygen atoms in total. The second-order valence-electron chi connectivity index (χ2n) is 5.05. The summed E-state index contributed by atoms with van der Waals surface area (Å²) in [6, 6.07) is 7.25. The van der Waals surface area contributed by atoms with Crippen molar-refractivity contribution in [3.05, 3.63) is 52.8 Å². The maximum atomic E-state index is 12.6. The van der Waals surface area contributed by atoms with Gasteiger partial charge in [-0.05, 0) is 43.2 Å². The van der Waals surface area contributed by atoms with E-state index >= 15 is 0 Å². The topological polar surface area (TPSA) is 51.2 Å². The van der Waals surface area contributed by atoms with Gasteiger partial charge in [-0.2, -0.15) is 0 Å². The van der Waals surface area contributed by atoms with Crippen molar-refractivity contribution in [2.45, 2.75) is 19.3 Å². The lowest BCUT2D eigenvalue weighted by molar-refractivity contribution is -0.118. The zero-order chi connectivity index (χ0) is 14.8. The summed E-state index contributed by atoms with van der Waals surface area (Å²) < 4.78 is 5.58. The van der Waals surface area contributed by atoms with Crippen LogP contribution in [0.4, 0.5) is 5.69 Å². The molecule has 1 N–H and O–H groups in total. The normalized spacial score (nSPS) is 16.8. The number of halogens is 1. The first-order valence-corrected chi connectivity index (χ1v) is 7.16. The Morgan fingerprint density at radius 2 is 2.29 bits per heavy atom. The fourth-order valence-corrected chi connectivity index (χ4v) is 2.63. The molecule has 3 rings (SSSR count). The number of aromatic nitrogens is 1. The molecule has 2 aromatic rings. The molecule has 0 spiro atoms. The Morgan fingerprint density at radius 3 is 3.10 bits per heavy atom. The fourth-order valence-electron chi connectivity index (χ4n) is 2.45. The molecule has 1 aliphatic heterocycles. The lowest BCUT2D eigenvalue weighted by atomic mass is 9.92. The molecule has 0 radical (unpaired) electrons. The molecule has 108 valence electrons. The van der Waals surface area contributed by atoms with Crippen LogP contribution in [0.1, 0.15) is 23.5 Å². The number of carbonyl (C=O) groups is 1. The largest absolute Gasteiger partial charge is 0.493 e. The van der Waals surface area contributed by atoms with Crippen molar-refractivity contribution in [2.75, 3.05) is 11.9 Å². The van der Waals surface area contributed by atoms with E-state index in [9.17, 15) is 4.79 Å². The van der Waals surface area contributed by atoms with Gasteiger partial charge in [0.1, 0.15) is 5.75 Å². The number of carbonyl (C=O) groups excluding carboxylic acids is 1. The van der Waals surface area contributed by atoms with E-state index in [0.29, 0.717) is 18.1 Å². The average Bonchev–Trinajstić information content (AvgIpc) is 2.49. The molecular weight excluding hydrogens is 288 g/mol. The molecule has 0 saturated carbocycles. The Hall–Kier alpha value is -2.07. The van der Waals surface area contributed by atoms with Gasteiger partial charge in [0.05, 0.1) is 24.4 Å². The highest BCUT2D eigenvalue weighted by molar-refractivity contribution is 6.30. The van der Waals surface area contributed by atoms with Gasteiger partial charge in [-0.15, -0.1) is 0 Å². The van der Waals surface area contributed by atoms with E-state index < -0.39 is 0 Å². The molecular formula is C16H15ClN2O2. The molecule has 1 aliphatic rings. The third-order valence-corrected chi connectivity index (χ3v) is 3.86. The van der Waals surface area contributed by atoms with Gasteiger partial charge < -0.3 is 10.1 Å². The molecule has 2 heterocycles. The van der Waals surface area contributed by atoms with E-state index in [1.807, 2.05) is 19.1 Å². The summed E-state index contributed by atoms with van der Waals surface area (Å²) in [5, 5.41) is 3.55. The summed E-state index contributed by atoms with van der Waals surface area (Å²) in [5.74, 6) is 0.415. The highest BCUT2D eigenvalue weighted by atomic mass is 35.5. The molecule has 1 amide bonds. The zero-order valence-electron chi connectivity index (χ0n) is 11.6. The minimum Gasteiger partial charge on any atom is -0.493 e. The maximum Gasteiger partial charge on any atom is 0.232 e. The van der Waals surface area contributed by atoms with Gasteiger partial charge in [0, 0.05) is 16.8 Å². The first-order chi connectivity index (χ1) is 10.1. The third kappa shape index (κ3) is 2.85. The van der Waals surface area contributed by atoms with Gasteiger partial charge in [0.15, 0.2) is 0 Å². The van der Waals surface area contributed by atoms with E-state index in [1.54, 1.807) is 24.5 Å². The zero-order valence-corrected chi connectivity index (χ0v) is 12.4. The predicted molar refractivity (Wildman–Crippen MR) is 81.9 cm³/mol. The number of rotatable bonds is 2. The van der Waals surface area contributed by atoms with Crippen LogP contribution in [-0.2, 0) is 4.79 Å². The van der Waals surface area contributed by atoms with Gasteiger partial charge >= 0.3 is 0 Å². The summed E-state index contributed by atoms with van der Waals surface area (Å²) in [5.41, 5.74) is 2.56. The molecule has 0 aliphatic carbocycles. The number of pyridine rings is 1. The van der Waals surface area contributed by atoms with Crippen molar-refractivity contribution in [2.24, 2.45) is 0 Å². The second kappa shape index (κ2) is 5.74. The minimum absolute atomic E-state index is 0.0575. The van der Waals surface area contributed by atoms with Crippen LogP contribution in [0.15, 0.2) is 36.7 Å². The number of amides is 1. The standard InChI is InChI=1S/C16H15ClN2O2/c1-10-4-6-18-9-14(10)19-16(20)12-5-7-21-15-3-2-11(17)8-13(12)15/h2-4,6,8-9,12H,5,7H2,1H3,(H,19,20)/t12-/m0/s1. The van der Waals surface area contributed by atoms with Crippen molar-refractivity contribution >= 4 is 23.2 Å². The third-order valence-electron chi connectivity index (χ3n) is 3.62. The molecule has 1 atom stereocenters. The monoisotopic (exact) mass is 302 g/mol. The number of hydrogen-bond acceptors (Lipinski definition) is 3. The lowest BCUT2D eigenvalue weighted by Crippen LogP contribution is -2.26. The lowest BCUT2D eigenvalue weighted by Gasteiger charge is -2.25. The van der Waals surface area contributed by atoms with E-state index in [-0.39, 0.29) is 11.8 Å². The van der Waals surface area contributed by atoms with Crippen LogP contribution in [-0.4, -0.2) is 17.5 Å². The average molecular weight is 303 g/mol. The van der Waals surface area contributed by atoms with Gasteiger partial charge in [-0.25, -0.2) is 0 Å². The van der Waals surface area contributed by atoms with Gasteiger partial charge in [0.25, 0.3) is 0 Å². The number of ether oxygens (including phenoxy) is 1. The first-order valence-electron chi connectivity index (χ1n) is 6.79. The fraction of sp³-hybridized carbons (Fsp3) is 0.250. The predicted octanol–water partition coefficient (Wildman–Crippen LogP) is 3.55. The highest BCUT2D eigenvalue weighted by Gasteiger charge is 2.28. The Bertz CT molecular complexity index is 688. The quantitative estimate of drug-likeness (QED) is 0.923. The van der Waals surface area contributed by atoms with E-state index in [0.717, 1.165) is 22.6 Å². The Balaban J connectivity index is 1.87. The number of nitrogens with one attached hydrogen (secondary N) is 1. The van der Waals surface area contributed by atoms with Gasteiger partial charge in [-0.3, -0.25) is 9.78 Å². The maximum absolute atomic E-state index is 12.6. The smallest absolute Gasteiger partial charge is 0.232 e.